The van der Waals surface area contributed by atoms with Crippen LogP contribution in [-0.4, -0.2) is 44.8 Å². The van der Waals surface area contributed by atoms with Crippen molar-refractivity contribution in [3.8, 4) is 0 Å². The van der Waals surface area contributed by atoms with Crippen LogP contribution in [0.25, 0.3) is 11.0 Å². The summed E-state index contributed by atoms with van der Waals surface area (Å²) in [7, 11) is 0. The van der Waals surface area contributed by atoms with Crippen molar-refractivity contribution in [1.82, 2.24) is 14.9 Å². The number of halogens is 1. The van der Waals surface area contributed by atoms with E-state index >= 15 is 0 Å². The molecule has 2 aliphatic heterocycles. The number of rotatable bonds is 5. The zero-order chi connectivity index (χ0) is 21.5. The molecule has 31 heavy (non-hydrogen) atoms. The number of nitrogens with two attached hydrogens (primary N) is 1. The first-order valence-electron chi connectivity index (χ1n) is 10.6. The second kappa shape index (κ2) is 7.68. The first-order chi connectivity index (χ1) is 15.0. The summed E-state index contributed by atoms with van der Waals surface area (Å²) >= 11 is 0. The van der Waals surface area contributed by atoms with E-state index in [9.17, 15) is 14.0 Å². The average Bonchev–Trinajstić information content (AvgIpc) is 3.32. The summed E-state index contributed by atoms with van der Waals surface area (Å²) < 4.78 is 13.2. The zero-order valence-electron chi connectivity index (χ0n) is 17.0. The highest BCUT2D eigenvalue weighted by Crippen LogP contribution is 2.38. The number of primary amides is 1. The van der Waals surface area contributed by atoms with Gasteiger partial charge < -0.3 is 20.9 Å². The second-order valence-corrected chi connectivity index (χ2v) is 8.45. The van der Waals surface area contributed by atoms with E-state index < -0.39 is 5.91 Å². The van der Waals surface area contributed by atoms with Gasteiger partial charge in [-0.3, -0.25) is 9.59 Å². The Morgan fingerprint density at radius 3 is 2.55 bits per heavy atom. The molecule has 2 atom stereocenters. The maximum Gasteiger partial charge on any atom is 0.252 e. The van der Waals surface area contributed by atoms with E-state index in [1.165, 1.54) is 18.3 Å². The SMILES string of the molecule is NC(=O)c1cnc2[nH]ccc2c1NC1C[C@@H]2CC[C@@H](C1)N2C(=O)Cc1ccc(F)cc1. The molecule has 4 N–H and O–H groups in total. The van der Waals surface area contributed by atoms with Crippen LogP contribution in [0, 0.1) is 5.82 Å². The van der Waals surface area contributed by atoms with Crippen LogP contribution in [0.1, 0.15) is 41.6 Å². The Morgan fingerprint density at radius 1 is 1.16 bits per heavy atom. The van der Waals surface area contributed by atoms with Crippen LogP contribution in [0.5, 0.6) is 0 Å². The summed E-state index contributed by atoms with van der Waals surface area (Å²) in [6.07, 6.45) is 7.11. The number of nitrogens with zero attached hydrogens (tertiary/aromatic N) is 2. The number of carbonyl (C=O) groups is 2. The topological polar surface area (TPSA) is 104 Å². The minimum absolute atomic E-state index is 0.0901. The number of hydrogen-bond donors (Lipinski definition) is 3. The van der Waals surface area contributed by atoms with Crippen LogP contribution in [0.3, 0.4) is 0 Å². The lowest BCUT2D eigenvalue weighted by molar-refractivity contribution is -0.134. The molecule has 2 amide bonds. The minimum atomic E-state index is -0.520. The van der Waals surface area contributed by atoms with Gasteiger partial charge in [0.2, 0.25) is 5.91 Å². The highest BCUT2D eigenvalue weighted by molar-refractivity contribution is 6.06. The van der Waals surface area contributed by atoms with E-state index in [2.05, 4.69) is 15.3 Å². The molecule has 4 heterocycles. The quantitative estimate of drug-likeness (QED) is 0.589. The highest BCUT2D eigenvalue weighted by atomic mass is 19.1. The van der Waals surface area contributed by atoms with E-state index in [0.29, 0.717) is 16.9 Å². The minimum Gasteiger partial charge on any atom is -0.381 e. The van der Waals surface area contributed by atoms with Crippen molar-refractivity contribution in [3.05, 3.63) is 59.7 Å². The summed E-state index contributed by atoms with van der Waals surface area (Å²) in [5.41, 5.74) is 8.18. The molecular weight excluding hydrogens is 397 g/mol. The molecule has 0 unspecified atom stereocenters. The van der Waals surface area contributed by atoms with E-state index in [0.717, 1.165) is 36.6 Å². The van der Waals surface area contributed by atoms with Gasteiger partial charge in [0, 0.05) is 35.9 Å². The van der Waals surface area contributed by atoms with Crippen LogP contribution in [0.15, 0.2) is 42.7 Å². The van der Waals surface area contributed by atoms with Crippen molar-refractivity contribution >= 4 is 28.5 Å². The molecule has 0 radical (unpaired) electrons. The van der Waals surface area contributed by atoms with Crippen molar-refractivity contribution in [3.63, 3.8) is 0 Å². The first kappa shape index (κ1) is 19.5. The van der Waals surface area contributed by atoms with Gasteiger partial charge in [0.05, 0.1) is 17.7 Å². The predicted molar refractivity (Wildman–Crippen MR) is 115 cm³/mol. The molecule has 2 saturated heterocycles. The van der Waals surface area contributed by atoms with E-state index in [1.54, 1.807) is 18.3 Å². The van der Waals surface area contributed by atoms with Gasteiger partial charge in [0.15, 0.2) is 0 Å². The number of benzene rings is 1. The molecular formula is C23H24FN5O2. The molecule has 0 saturated carbocycles. The Hall–Kier alpha value is -3.42. The fourth-order valence-corrected chi connectivity index (χ4v) is 5.12. The summed E-state index contributed by atoms with van der Waals surface area (Å²) in [4.78, 5) is 34.3. The lowest BCUT2D eigenvalue weighted by Gasteiger charge is -2.40. The van der Waals surface area contributed by atoms with Crippen molar-refractivity contribution in [2.24, 2.45) is 5.73 Å². The standard InChI is InChI=1S/C23H24FN5O2/c24-14-3-1-13(2-4-14)9-20(30)29-16-5-6-17(29)11-15(10-16)28-21-18-7-8-26-23(18)27-12-19(21)22(25)31/h1-4,7-8,12,15-17H,5-6,9-11H2,(H2,25,31)(H2,26,27,28)/t16-,17-/m0/s1. The van der Waals surface area contributed by atoms with E-state index in [1.807, 2.05) is 11.0 Å². The number of carbonyl (C=O) groups excluding carboxylic acids is 2. The van der Waals surface area contributed by atoms with Gasteiger partial charge in [0.1, 0.15) is 11.5 Å². The molecule has 5 rings (SSSR count). The van der Waals surface area contributed by atoms with Crippen LogP contribution < -0.4 is 11.1 Å². The van der Waals surface area contributed by atoms with E-state index in [4.69, 9.17) is 5.73 Å². The third kappa shape index (κ3) is 3.62. The number of piperidine rings is 1. The molecule has 2 aliphatic rings. The predicted octanol–water partition coefficient (Wildman–Crippen LogP) is 2.98. The van der Waals surface area contributed by atoms with Crippen molar-refractivity contribution in [2.75, 3.05) is 5.32 Å². The maximum atomic E-state index is 13.2. The Morgan fingerprint density at radius 2 is 1.87 bits per heavy atom. The van der Waals surface area contributed by atoms with Gasteiger partial charge in [-0.15, -0.1) is 0 Å². The fraction of sp³-hybridized carbons (Fsp3) is 0.348. The lowest BCUT2D eigenvalue weighted by atomic mass is 9.95. The largest absolute Gasteiger partial charge is 0.381 e. The third-order valence-electron chi connectivity index (χ3n) is 6.49. The second-order valence-electron chi connectivity index (χ2n) is 8.45. The number of nitrogens with one attached hydrogen (secondary N) is 2. The van der Waals surface area contributed by atoms with Gasteiger partial charge in [0.25, 0.3) is 5.91 Å². The molecule has 8 heteroatoms. The van der Waals surface area contributed by atoms with Gasteiger partial charge in [-0.25, -0.2) is 9.37 Å². The summed E-state index contributed by atoms with van der Waals surface area (Å²) in [6, 6.07) is 8.44. The summed E-state index contributed by atoms with van der Waals surface area (Å²) in [6.45, 7) is 0. The van der Waals surface area contributed by atoms with E-state index in [-0.39, 0.29) is 36.3 Å². The smallest absolute Gasteiger partial charge is 0.252 e. The molecule has 160 valence electrons. The van der Waals surface area contributed by atoms with Crippen LogP contribution in [-0.2, 0) is 11.2 Å². The Bertz CT molecular complexity index is 1130. The van der Waals surface area contributed by atoms with Crippen molar-refractivity contribution in [1.29, 1.82) is 0 Å². The lowest BCUT2D eigenvalue weighted by Crippen LogP contribution is -2.50. The van der Waals surface area contributed by atoms with Crippen LogP contribution >= 0.6 is 0 Å². The fourth-order valence-electron chi connectivity index (χ4n) is 5.12. The molecule has 7 nitrogen and oxygen atoms in total. The molecule has 2 aromatic heterocycles. The molecule has 1 aromatic carbocycles. The zero-order valence-corrected chi connectivity index (χ0v) is 17.0. The highest BCUT2D eigenvalue weighted by Gasteiger charge is 2.43. The van der Waals surface area contributed by atoms with Crippen molar-refractivity contribution < 1.29 is 14.0 Å². The first-order valence-corrected chi connectivity index (χ1v) is 10.6. The van der Waals surface area contributed by atoms with Gasteiger partial charge >= 0.3 is 0 Å². The van der Waals surface area contributed by atoms with Crippen LogP contribution in [0.2, 0.25) is 0 Å². The normalized spacial score (nSPS) is 22.6. The molecule has 2 bridgehead atoms. The number of amides is 2. The monoisotopic (exact) mass is 421 g/mol. The van der Waals surface area contributed by atoms with Crippen molar-refractivity contribution in [2.45, 2.75) is 50.2 Å². The molecule has 2 fully saturated rings. The number of hydrogen-bond acceptors (Lipinski definition) is 4. The number of aromatic amines is 1. The number of fused-ring (bicyclic) bond motifs is 3. The Kier molecular flexibility index (Phi) is 4.84. The van der Waals surface area contributed by atoms with Crippen LogP contribution in [0.4, 0.5) is 10.1 Å². The Balaban J connectivity index is 1.33. The Labute approximate surface area is 178 Å². The van der Waals surface area contributed by atoms with Gasteiger partial charge in [-0.2, -0.15) is 0 Å². The number of anilines is 1. The van der Waals surface area contributed by atoms with Gasteiger partial charge in [-0.05, 0) is 49.4 Å². The van der Waals surface area contributed by atoms with Gasteiger partial charge in [-0.1, -0.05) is 12.1 Å². The third-order valence-corrected chi connectivity index (χ3v) is 6.49. The number of pyridine rings is 1. The molecule has 0 spiro atoms. The number of aromatic nitrogens is 2. The maximum absolute atomic E-state index is 13.2. The average molecular weight is 421 g/mol. The summed E-state index contributed by atoms with van der Waals surface area (Å²) in [5.74, 6) is -0.730. The summed E-state index contributed by atoms with van der Waals surface area (Å²) in [5, 5.41) is 4.37. The molecule has 3 aromatic rings. The number of H-pyrrole nitrogens is 1. The molecule has 0 aliphatic carbocycles.